The Bertz CT molecular complexity index is 613. The Morgan fingerprint density at radius 2 is 1.81 bits per heavy atom. The third-order valence-corrected chi connectivity index (χ3v) is 3.78. The molecule has 21 heavy (non-hydrogen) atoms. The second-order valence-corrected chi connectivity index (χ2v) is 5.32. The molecule has 0 radical (unpaired) electrons. The number of carbonyl (C=O) groups is 1. The van der Waals surface area contributed by atoms with Crippen LogP contribution in [-0.4, -0.2) is 13.0 Å². The molecular formula is C17H18BrNO2. The summed E-state index contributed by atoms with van der Waals surface area (Å²) in [4.78, 5) is 12.0. The first-order valence-electron chi connectivity index (χ1n) is 6.74. The summed E-state index contributed by atoms with van der Waals surface area (Å²) in [7, 11) is 1.62. The number of nitrogens with one attached hydrogen (secondary N) is 1. The molecule has 2 aromatic rings. The standard InChI is InChI=1S/C17H18BrNO2/c1-21-16-7-3-4-13(9-16)10-17(20)19-12-15-6-2-5-14(8-15)11-18/h2-9H,10-12H2,1H3,(H,19,20). The van der Waals surface area contributed by atoms with Crippen LogP contribution in [0.1, 0.15) is 16.7 Å². The van der Waals surface area contributed by atoms with Gasteiger partial charge in [-0.2, -0.15) is 0 Å². The van der Waals surface area contributed by atoms with Crippen LogP contribution in [0.15, 0.2) is 48.5 Å². The summed E-state index contributed by atoms with van der Waals surface area (Å²) in [5.41, 5.74) is 3.25. The zero-order valence-electron chi connectivity index (χ0n) is 11.9. The SMILES string of the molecule is COc1cccc(CC(=O)NCc2cccc(CBr)c2)c1. The van der Waals surface area contributed by atoms with Gasteiger partial charge in [-0.05, 0) is 28.8 Å². The third-order valence-electron chi connectivity index (χ3n) is 3.13. The second-order valence-electron chi connectivity index (χ2n) is 4.76. The largest absolute Gasteiger partial charge is 0.497 e. The Morgan fingerprint density at radius 3 is 2.57 bits per heavy atom. The monoisotopic (exact) mass is 347 g/mol. The molecule has 110 valence electrons. The summed E-state index contributed by atoms with van der Waals surface area (Å²) in [6, 6.07) is 15.7. The highest BCUT2D eigenvalue weighted by Gasteiger charge is 2.04. The van der Waals surface area contributed by atoms with Gasteiger partial charge in [0.25, 0.3) is 0 Å². The van der Waals surface area contributed by atoms with Crippen molar-refractivity contribution < 1.29 is 9.53 Å². The first kappa shape index (κ1) is 15.6. The molecule has 0 saturated carbocycles. The van der Waals surface area contributed by atoms with Crippen LogP contribution in [0.25, 0.3) is 0 Å². The molecular weight excluding hydrogens is 330 g/mol. The molecule has 0 unspecified atom stereocenters. The van der Waals surface area contributed by atoms with Crippen molar-refractivity contribution in [1.29, 1.82) is 0 Å². The minimum atomic E-state index is 0.00694. The molecule has 1 N–H and O–H groups in total. The molecule has 0 spiro atoms. The molecule has 0 atom stereocenters. The van der Waals surface area contributed by atoms with Gasteiger partial charge in [0.15, 0.2) is 0 Å². The Labute approximate surface area is 133 Å². The smallest absolute Gasteiger partial charge is 0.224 e. The van der Waals surface area contributed by atoms with E-state index >= 15 is 0 Å². The summed E-state index contributed by atoms with van der Waals surface area (Å²) in [5.74, 6) is 0.776. The molecule has 0 aliphatic carbocycles. The quantitative estimate of drug-likeness (QED) is 0.812. The van der Waals surface area contributed by atoms with E-state index in [9.17, 15) is 4.79 Å². The van der Waals surface area contributed by atoms with Crippen LogP contribution >= 0.6 is 15.9 Å². The van der Waals surface area contributed by atoms with Gasteiger partial charge in [0, 0.05) is 11.9 Å². The van der Waals surface area contributed by atoms with Crippen LogP contribution in [0.2, 0.25) is 0 Å². The zero-order chi connectivity index (χ0) is 15.1. The molecule has 2 aromatic carbocycles. The average molecular weight is 348 g/mol. The lowest BCUT2D eigenvalue weighted by atomic mass is 10.1. The van der Waals surface area contributed by atoms with E-state index in [2.05, 4.69) is 33.4 Å². The molecule has 0 fully saturated rings. The minimum absolute atomic E-state index is 0.00694. The number of halogens is 1. The number of amides is 1. The lowest BCUT2D eigenvalue weighted by Crippen LogP contribution is -2.24. The van der Waals surface area contributed by atoms with E-state index in [1.165, 1.54) is 5.56 Å². The predicted octanol–water partition coefficient (Wildman–Crippen LogP) is 3.45. The van der Waals surface area contributed by atoms with Crippen molar-refractivity contribution >= 4 is 21.8 Å². The van der Waals surface area contributed by atoms with Crippen molar-refractivity contribution in [3.05, 3.63) is 65.2 Å². The number of hydrogen-bond acceptors (Lipinski definition) is 2. The van der Waals surface area contributed by atoms with Gasteiger partial charge in [0.1, 0.15) is 5.75 Å². The zero-order valence-corrected chi connectivity index (χ0v) is 13.5. The van der Waals surface area contributed by atoms with Crippen molar-refractivity contribution in [3.63, 3.8) is 0 Å². The van der Waals surface area contributed by atoms with Crippen LogP contribution in [0.4, 0.5) is 0 Å². The van der Waals surface area contributed by atoms with Crippen LogP contribution in [0, 0.1) is 0 Å². The number of methoxy groups -OCH3 is 1. The van der Waals surface area contributed by atoms with Crippen LogP contribution < -0.4 is 10.1 Å². The molecule has 1 amide bonds. The van der Waals surface area contributed by atoms with Crippen molar-refractivity contribution in [2.24, 2.45) is 0 Å². The number of carbonyl (C=O) groups excluding carboxylic acids is 1. The average Bonchev–Trinajstić information content (AvgIpc) is 2.53. The van der Waals surface area contributed by atoms with E-state index in [1.807, 2.05) is 36.4 Å². The van der Waals surface area contributed by atoms with Crippen molar-refractivity contribution in [2.75, 3.05) is 7.11 Å². The van der Waals surface area contributed by atoms with Crippen molar-refractivity contribution in [3.8, 4) is 5.75 Å². The predicted molar refractivity (Wildman–Crippen MR) is 87.6 cm³/mol. The summed E-state index contributed by atoms with van der Waals surface area (Å²) < 4.78 is 5.16. The van der Waals surface area contributed by atoms with E-state index < -0.39 is 0 Å². The Balaban J connectivity index is 1.89. The van der Waals surface area contributed by atoms with Crippen molar-refractivity contribution in [1.82, 2.24) is 5.32 Å². The van der Waals surface area contributed by atoms with E-state index in [0.29, 0.717) is 13.0 Å². The lowest BCUT2D eigenvalue weighted by molar-refractivity contribution is -0.120. The van der Waals surface area contributed by atoms with Gasteiger partial charge in [-0.3, -0.25) is 4.79 Å². The maximum absolute atomic E-state index is 12.0. The highest BCUT2D eigenvalue weighted by molar-refractivity contribution is 9.08. The van der Waals surface area contributed by atoms with Gasteiger partial charge in [-0.1, -0.05) is 52.3 Å². The van der Waals surface area contributed by atoms with Gasteiger partial charge >= 0.3 is 0 Å². The number of alkyl halides is 1. The molecule has 0 saturated heterocycles. The normalized spacial score (nSPS) is 10.2. The molecule has 0 aromatic heterocycles. The molecule has 2 rings (SSSR count). The Morgan fingerprint density at radius 1 is 1.10 bits per heavy atom. The van der Waals surface area contributed by atoms with Crippen molar-refractivity contribution in [2.45, 2.75) is 18.3 Å². The molecule has 4 heteroatoms. The summed E-state index contributed by atoms with van der Waals surface area (Å²) in [5, 5.41) is 3.76. The highest BCUT2D eigenvalue weighted by Crippen LogP contribution is 2.13. The number of hydrogen-bond donors (Lipinski definition) is 1. The fourth-order valence-electron chi connectivity index (χ4n) is 2.05. The molecule has 0 aliphatic rings. The van der Waals surface area contributed by atoms with Crippen LogP contribution in [0.5, 0.6) is 5.75 Å². The first-order valence-corrected chi connectivity index (χ1v) is 7.87. The number of rotatable bonds is 6. The van der Waals surface area contributed by atoms with Gasteiger partial charge in [0.2, 0.25) is 5.91 Å². The maximum Gasteiger partial charge on any atom is 0.224 e. The van der Waals surface area contributed by atoms with E-state index in [0.717, 1.165) is 22.2 Å². The Kier molecular flexibility index (Phi) is 5.81. The number of benzene rings is 2. The lowest BCUT2D eigenvalue weighted by Gasteiger charge is -2.07. The summed E-state index contributed by atoms with van der Waals surface area (Å²) in [6.07, 6.45) is 0.356. The van der Waals surface area contributed by atoms with Gasteiger partial charge < -0.3 is 10.1 Å². The Hall–Kier alpha value is -1.81. The van der Waals surface area contributed by atoms with Gasteiger partial charge in [-0.15, -0.1) is 0 Å². The van der Waals surface area contributed by atoms with Crippen LogP contribution in [0.3, 0.4) is 0 Å². The van der Waals surface area contributed by atoms with E-state index in [-0.39, 0.29) is 5.91 Å². The molecule has 0 heterocycles. The second kappa shape index (κ2) is 7.84. The number of ether oxygens (including phenoxy) is 1. The third kappa shape index (κ3) is 4.90. The molecule has 0 bridgehead atoms. The topological polar surface area (TPSA) is 38.3 Å². The van der Waals surface area contributed by atoms with E-state index in [1.54, 1.807) is 7.11 Å². The minimum Gasteiger partial charge on any atom is -0.497 e. The van der Waals surface area contributed by atoms with Gasteiger partial charge in [0.05, 0.1) is 13.5 Å². The van der Waals surface area contributed by atoms with Gasteiger partial charge in [-0.25, -0.2) is 0 Å². The first-order chi connectivity index (χ1) is 10.2. The van der Waals surface area contributed by atoms with E-state index in [4.69, 9.17) is 4.74 Å². The molecule has 3 nitrogen and oxygen atoms in total. The summed E-state index contributed by atoms with van der Waals surface area (Å²) >= 11 is 3.43. The fraction of sp³-hybridized carbons (Fsp3) is 0.235. The van der Waals surface area contributed by atoms with Crippen LogP contribution in [-0.2, 0) is 23.1 Å². The maximum atomic E-state index is 12.0. The summed E-state index contributed by atoms with van der Waals surface area (Å²) in [6.45, 7) is 0.545. The fourth-order valence-corrected chi connectivity index (χ4v) is 2.40. The molecule has 0 aliphatic heterocycles. The highest BCUT2D eigenvalue weighted by atomic mass is 79.9.